The first-order chi connectivity index (χ1) is 15.3. The van der Waals surface area contributed by atoms with Gasteiger partial charge in [0.1, 0.15) is 5.60 Å². The molecule has 0 unspecified atom stereocenters. The fourth-order valence-electron chi connectivity index (χ4n) is 4.38. The predicted molar refractivity (Wildman–Crippen MR) is 128 cm³/mol. The summed E-state index contributed by atoms with van der Waals surface area (Å²) in [5.74, 6) is 0.481. The van der Waals surface area contributed by atoms with E-state index in [-0.39, 0.29) is 12.0 Å². The van der Waals surface area contributed by atoms with Crippen molar-refractivity contribution in [1.82, 2.24) is 15.1 Å². The molecule has 1 N–H and O–H groups in total. The van der Waals surface area contributed by atoms with Crippen molar-refractivity contribution >= 4 is 17.7 Å². The van der Waals surface area contributed by atoms with E-state index in [9.17, 15) is 9.59 Å². The third kappa shape index (κ3) is 8.01. The molecular weight excluding hydrogens is 404 g/mol. The van der Waals surface area contributed by atoms with E-state index < -0.39 is 5.60 Å². The molecule has 0 saturated carbocycles. The normalized spacial score (nSPS) is 18.5. The van der Waals surface area contributed by atoms with Crippen molar-refractivity contribution in [3.05, 3.63) is 30.3 Å². The molecular formula is C25H40N4O3. The van der Waals surface area contributed by atoms with Gasteiger partial charge in [0.05, 0.1) is 0 Å². The van der Waals surface area contributed by atoms with Crippen molar-refractivity contribution in [2.24, 2.45) is 5.92 Å². The molecule has 0 aliphatic carbocycles. The van der Waals surface area contributed by atoms with Crippen molar-refractivity contribution in [2.75, 3.05) is 57.3 Å². The second-order valence-corrected chi connectivity index (χ2v) is 9.98. The molecule has 32 heavy (non-hydrogen) atoms. The molecule has 2 aliphatic heterocycles. The molecule has 2 amide bonds. The van der Waals surface area contributed by atoms with Gasteiger partial charge >= 0.3 is 6.09 Å². The summed E-state index contributed by atoms with van der Waals surface area (Å²) in [6.45, 7) is 13.0. The molecule has 3 rings (SSSR count). The van der Waals surface area contributed by atoms with E-state index in [1.165, 1.54) is 5.69 Å². The summed E-state index contributed by atoms with van der Waals surface area (Å²) in [6, 6.07) is 10.6. The van der Waals surface area contributed by atoms with E-state index in [0.29, 0.717) is 25.4 Å². The fourth-order valence-corrected chi connectivity index (χ4v) is 4.38. The lowest BCUT2D eigenvalue weighted by molar-refractivity contribution is -0.122. The molecule has 0 aromatic heterocycles. The van der Waals surface area contributed by atoms with Gasteiger partial charge in [-0.1, -0.05) is 18.2 Å². The predicted octanol–water partition coefficient (Wildman–Crippen LogP) is 3.35. The van der Waals surface area contributed by atoms with Crippen LogP contribution in [0, 0.1) is 5.92 Å². The molecule has 0 spiro atoms. The molecule has 178 valence electrons. The zero-order valence-corrected chi connectivity index (χ0v) is 20.0. The van der Waals surface area contributed by atoms with Crippen LogP contribution in [0.5, 0.6) is 0 Å². The monoisotopic (exact) mass is 444 g/mol. The summed E-state index contributed by atoms with van der Waals surface area (Å²) in [5, 5.41) is 3.09. The maximum atomic E-state index is 12.3. The maximum absolute atomic E-state index is 12.3. The summed E-state index contributed by atoms with van der Waals surface area (Å²) in [7, 11) is 0. The second-order valence-electron chi connectivity index (χ2n) is 9.98. The van der Waals surface area contributed by atoms with Gasteiger partial charge in [0.2, 0.25) is 5.91 Å². The van der Waals surface area contributed by atoms with E-state index in [4.69, 9.17) is 4.74 Å². The SMILES string of the molecule is CC(C)(C)OC(=O)N1CCC(CC(=O)NCCCN2CCN(c3ccccc3)CC2)CC1. The molecule has 0 radical (unpaired) electrons. The zero-order valence-electron chi connectivity index (χ0n) is 20.0. The molecule has 2 heterocycles. The van der Waals surface area contributed by atoms with Crippen LogP contribution in [-0.2, 0) is 9.53 Å². The van der Waals surface area contributed by atoms with Gasteiger partial charge in [0.25, 0.3) is 0 Å². The van der Waals surface area contributed by atoms with Gasteiger partial charge in [-0.2, -0.15) is 0 Å². The van der Waals surface area contributed by atoms with Crippen LogP contribution in [0.25, 0.3) is 0 Å². The van der Waals surface area contributed by atoms with Crippen LogP contribution in [0.1, 0.15) is 46.5 Å². The molecule has 2 fully saturated rings. The number of carbonyl (C=O) groups is 2. The molecule has 2 saturated heterocycles. The number of rotatable bonds is 7. The highest BCUT2D eigenvalue weighted by Crippen LogP contribution is 2.22. The van der Waals surface area contributed by atoms with Gasteiger partial charge in [0.15, 0.2) is 0 Å². The van der Waals surface area contributed by atoms with Gasteiger partial charge < -0.3 is 19.9 Å². The quantitative estimate of drug-likeness (QED) is 0.654. The summed E-state index contributed by atoms with van der Waals surface area (Å²) in [5.41, 5.74) is 0.833. The number of ether oxygens (including phenoxy) is 1. The Morgan fingerprint density at radius 3 is 2.28 bits per heavy atom. The number of hydrogen-bond donors (Lipinski definition) is 1. The van der Waals surface area contributed by atoms with Gasteiger partial charge in [-0.3, -0.25) is 9.69 Å². The minimum absolute atomic E-state index is 0.134. The zero-order chi connectivity index (χ0) is 23.0. The van der Waals surface area contributed by atoms with E-state index in [1.807, 2.05) is 20.8 Å². The van der Waals surface area contributed by atoms with E-state index in [0.717, 1.165) is 58.5 Å². The lowest BCUT2D eigenvalue weighted by atomic mass is 9.93. The number of hydrogen-bond acceptors (Lipinski definition) is 5. The third-order valence-corrected chi connectivity index (χ3v) is 6.21. The number of benzene rings is 1. The summed E-state index contributed by atoms with van der Waals surface area (Å²) < 4.78 is 5.44. The highest BCUT2D eigenvalue weighted by molar-refractivity contribution is 5.76. The summed E-state index contributed by atoms with van der Waals surface area (Å²) in [4.78, 5) is 31.2. The standard InChI is InChI=1S/C25H40N4O3/c1-25(2,3)32-24(31)29-14-10-21(11-15-29)20-23(30)26-12-7-13-27-16-18-28(19-17-27)22-8-5-4-6-9-22/h4-6,8-9,21H,7,10-20H2,1-3H3,(H,26,30). The van der Waals surface area contributed by atoms with Crippen LogP contribution in [0.3, 0.4) is 0 Å². The van der Waals surface area contributed by atoms with Crippen LogP contribution in [0.2, 0.25) is 0 Å². The van der Waals surface area contributed by atoms with E-state index >= 15 is 0 Å². The van der Waals surface area contributed by atoms with Crippen molar-refractivity contribution in [3.63, 3.8) is 0 Å². The molecule has 1 aromatic carbocycles. The Morgan fingerprint density at radius 1 is 1.00 bits per heavy atom. The van der Waals surface area contributed by atoms with Crippen molar-refractivity contribution in [3.8, 4) is 0 Å². The van der Waals surface area contributed by atoms with Crippen LogP contribution in [0.15, 0.2) is 30.3 Å². The van der Waals surface area contributed by atoms with Crippen LogP contribution in [-0.4, -0.2) is 79.8 Å². The average molecular weight is 445 g/mol. The van der Waals surface area contributed by atoms with Gasteiger partial charge in [-0.05, 0) is 64.6 Å². The average Bonchev–Trinajstić information content (AvgIpc) is 2.77. The number of anilines is 1. The first kappa shape index (κ1) is 24.4. The minimum Gasteiger partial charge on any atom is -0.444 e. The number of para-hydroxylation sites is 1. The van der Waals surface area contributed by atoms with Crippen molar-refractivity contribution < 1.29 is 14.3 Å². The highest BCUT2D eigenvalue weighted by atomic mass is 16.6. The van der Waals surface area contributed by atoms with Crippen LogP contribution < -0.4 is 10.2 Å². The number of carbonyl (C=O) groups excluding carboxylic acids is 2. The number of piperazine rings is 1. The van der Waals surface area contributed by atoms with Crippen molar-refractivity contribution in [2.45, 2.75) is 52.1 Å². The third-order valence-electron chi connectivity index (χ3n) is 6.21. The Kier molecular flexibility index (Phi) is 8.79. The molecule has 2 aliphatic rings. The highest BCUT2D eigenvalue weighted by Gasteiger charge is 2.27. The molecule has 1 aromatic rings. The minimum atomic E-state index is -0.469. The van der Waals surface area contributed by atoms with Crippen LogP contribution in [0.4, 0.5) is 10.5 Å². The number of likely N-dealkylation sites (tertiary alicyclic amines) is 1. The van der Waals surface area contributed by atoms with Crippen molar-refractivity contribution in [1.29, 1.82) is 0 Å². The Bertz CT molecular complexity index is 718. The lowest BCUT2D eigenvalue weighted by Gasteiger charge is -2.36. The second kappa shape index (κ2) is 11.5. The smallest absolute Gasteiger partial charge is 0.410 e. The van der Waals surface area contributed by atoms with E-state index in [1.54, 1.807) is 4.90 Å². The first-order valence-corrected chi connectivity index (χ1v) is 12.1. The van der Waals surface area contributed by atoms with Gasteiger partial charge in [-0.15, -0.1) is 0 Å². The molecule has 0 atom stereocenters. The number of nitrogens with zero attached hydrogens (tertiary/aromatic N) is 3. The Labute approximate surface area is 193 Å². The molecule has 7 nitrogen and oxygen atoms in total. The number of nitrogens with one attached hydrogen (secondary N) is 1. The number of amides is 2. The Morgan fingerprint density at radius 2 is 1.66 bits per heavy atom. The van der Waals surface area contributed by atoms with Gasteiger partial charge in [-0.25, -0.2) is 4.79 Å². The number of piperidine rings is 1. The van der Waals surface area contributed by atoms with Gasteiger partial charge in [0, 0.05) is 57.9 Å². The molecule has 7 heteroatoms. The summed E-state index contributed by atoms with van der Waals surface area (Å²) in [6.07, 6.45) is 3.01. The fraction of sp³-hybridized carbons (Fsp3) is 0.680. The Balaban J connectivity index is 1.24. The topological polar surface area (TPSA) is 65.1 Å². The Hall–Kier alpha value is -2.28. The van der Waals surface area contributed by atoms with E-state index in [2.05, 4.69) is 45.4 Å². The van der Waals surface area contributed by atoms with Crippen LogP contribution >= 0.6 is 0 Å². The summed E-state index contributed by atoms with van der Waals surface area (Å²) >= 11 is 0. The molecule has 0 bridgehead atoms. The largest absolute Gasteiger partial charge is 0.444 e. The lowest BCUT2D eigenvalue weighted by Crippen LogP contribution is -2.47. The maximum Gasteiger partial charge on any atom is 0.410 e. The first-order valence-electron chi connectivity index (χ1n) is 12.1.